The van der Waals surface area contributed by atoms with E-state index >= 15 is 0 Å². The summed E-state index contributed by atoms with van der Waals surface area (Å²) < 4.78 is 0. The number of carboxylic acids is 1. The van der Waals surface area contributed by atoms with E-state index in [1.54, 1.807) is 4.90 Å². The highest BCUT2D eigenvalue weighted by Crippen LogP contribution is 2.08. The van der Waals surface area contributed by atoms with Gasteiger partial charge in [0.2, 0.25) is 0 Å². The van der Waals surface area contributed by atoms with Crippen molar-refractivity contribution in [3.05, 3.63) is 0 Å². The lowest BCUT2D eigenvalue weighted by molar-refractivity contribution is -0.139. The van der Waals surface area contributed by atoms with E-state index in [0.717, 1.165) is 19.3 Å². The van der Waals surface area contributed by atoms with Crippen LogP contribution in [0.15, 0.2) is 0 Å². The molecule has 0 unspecified atom stereocenters. The highest BCUT2D eigenvalue weighted by molar-refractivity contribution is 5.82. The molecule has 0 aliphatic rings. The Kier molecular flexibility index (Phi) is 9.84. The zero-order valence-electron chi connectivity index (χ0n) is 14.2. The van der Waals surface area contributed by atoms with Crippen molar-refractivity contribution in [3.63, 3.8) is 0 Å². The van der Waals surface area contributed by atoms with Crippen molar-refractivity contribution in [2.24, 2.45) is 11.8 Å². The van der Waals surface area contributed by atoms with E-state index in [-0.39, 0.29) is 6.03 Å². The number of hydrogen-bond donors (Lipinski definition) is 2. The predicted octanol–water partition coefficient (Wildman–Crippen LogP) is 3.34. The molecule has 0 fully saturated rings. The molecule has 5 nitrogen and oxygen atoms in total. The van der Waals surface area contributed by atoms with Gasteiger partial charge in [-0.15, -0.1) is 0 Å². The number of carbonyl (C=O) groups excluding carboxylic acids is 1. The SMILES string of the molecule is CCC[C@H](NC(=O)N(CCC(C)C)CCC(C)C)C(=O)O. The molecule has 0 bridgehead atoms. The van der Waals surface area contributed by atoms with Gasteiger partial charge in [0.25, 0.3) is 0 Å². The van der Waals surface area contributed by atoms with Crippen molar-refractivity contribution in [1.29, 1.82) is 0 Å². The minimum atomic E-state index is -0.960. The van der Waals surface area contributed by atoms with Crippen LogP contribution in [0.3, 0.4) is 0 Å². The normalized spacial score (nSPS) is 12.5. The van der Waals surface area contributed by atoms with Gasteiger partial charge in [-0.2, -0.15) is 0 Å². The third-order valence-corrected chi connectivity index (χ3v) is 3.41. The summed E-state index contributed by atoms with van der Waals surface area (Å²) in [7, 11) is 0. The number of carbonyl (C=O) groups is 2. The standard InChI is InChI=1S/C16H32N2O3/c1-6-7-14(15(19)20)17-16(21)18(10-8-12(2)3)11-9-13(4)5/h12-14H,6-11H2,1-5H3,(H,17,21)(H,19,20)/t14-/m0/s1. The van der Waals surface area contributed by atoms with E-state index in [2.05, 4.69) is 33.0 Å². The molecule has 0 aliphatic heterocycles. The molecule has 0 heterocycles. The Hall–Kier alpha value is -1.26. The molecule has 5 heteroatoms. The Morgan fingerprint density at radius 2 is 1.48 bits per heavy atom. The maximum absolute atomic E-state index is 12.3. The Balaban J connectivity index is 4.62. The van der Waals surface area contributed by atoms with E-state index in [1.807, 2.05) is 6.92 Å². The van der Waals surface area contributed by atoms with Gasteiger partial charge in [-0.3, -0.25) is 0 Å². The second-order valence-electron chi connectivity index (χ2n) is 6.48. The van der Waals surface area contributed by atoms with Gasteiger partial charge < -0.3 is 15.3 Å². The number of nitrogens with one attached hydrogen (secondary N) is 1. The van der Waals surface area contributed by atoms with Crippen LogP contribution in [-0.2, 0) is 4.79 Å². The first-order valence-corrected chi connectivity index (χ1v) is 8.06. The van der Waals surface area contributed by atoms with Gasteiger partial charge in [0.05, 0.1) is 0 Å². The van der Waals surface area contributed by atoms with Crippen molar-refractivity contribution >= 4 is 12.0 Å². The summed E-state index contributed by atoms with van der Waals surface area (Å²) in [5.41, 5.74) is 0. The number of rotatable bonds is 10. The fourth-order valence-electron chi connectivity index (χ4n) is 1.93. The van der Waals surface area contributed by atoms with Gasteiger partial charge in [-0.25, -0.2) is 9.59 Å². The van der Waals surface area contributed by atoms with Crippen LogP contribution in [0.25, 0.3) is 0 Å². The largest absolute Gasteiger partial charge is 0.480 e. The summed E-state index contributed by atoms with van der Waals surface area (Å²) in [5.74, 6) is 0.0772. The van der Waals surface area contributed by atoms with Crippen LogP contribution in [0.4, 0.5) is 4.79 Å². The molecule has 0 saturated heterocycles. The number of aliphatic carboxylic acids is 1. The molecule has 1 atom stereocenters. The Bertz CT molecular complexity index is 305. The second-order valence-corrected chi connectivity index (χ2v) is 6.48. The first-order chi connectivity index (χ1) is 9.77. The third-order valence-electron chi connectivity index (χ3n) is 3.41. The lowest BCUT2D eigenvalue weighted by Gasteiger charge is -2.26. The molecule has 2 amide bonds. The molecule has 2 N–H and O–H groups in total. The second kappa shape index (κ2) is 10.5. The van der Waals surface area contributed by atoms with Crippen LogP contribution in [0.5, 0.6) is 0 Å². The molecule has 0 aromatic heterocycles. The van der Waals surface area contributed by atoms with Crippen molar-refractivity contribution in [2.75, 3.05) is 13.1 Å². The Morgan fingerprint density at radius 1 is 1.00 bits per heavy atom. The van der Waals surface area contributed by atoms with Gasteiger partial charge in [0, 0.05) is 13.1 Å². The van der Waals surface area contributed by atoms with Gasteiger partial charge in [-0.1, -0.05) is 41.0 Å². The zero-order valence-corrected chi connectivity index (χ0v) is 14.2. The highest BCUT2D eigenvalue weighted by atomic mass is 16.4. The smallest absolute Gasteiger partial charge is 0.326 e. The quantitative estimate of drug-likeness (QED) is 0.650. The minimum Gasteiger partial charge on any atom is -0.480 e. The summed E-state index contributed by atoms with van der Waals surface area (Å²) in [6.07, 6.45) is 3.05. The summed E-state index contributed by atoms with van der Waals surface area (Å²) in [5, 5.41) is 11.8. The fourth-order valence-corrected chi connectivity index (χ4v) is 1.93. The summed E-state index contributed by atoms with van der Waals surface area (Å²) in [4.78, 5) is 25.2. The molecule has 124 valence electrons. The topological polar surface area (TPSA) is 69.6 Å². The molecule has 0 rings (SSSR count). The lowest BCUT2D eigenvalue weighted by Crippen LogP contribution is -2.48. The summed E-state index contributed by atoms with van der Waals surface area (Å²) in [6.45, 7) is 11.7. The first-order valence-electron chi connectivity index (χ1n) is 8.06. The average Bonchev–Trinajstić information content (AvgIpc) is 2.37. The van der Waals surface area contributed by atoms with E-state index in [4.69, 9.17) is 5.11 Å². The van der Waals surface area contributed by atoms with Crippen molar-refractivity contribution in [1.82, 2.24) is 10.2 Å². The third kappa shape index (κ3) is 9.32. The monoisotopic (exact) mass is 300 g/mol. The van der Waals surface area contributed by atoms with Gasteiger partial charge in [-0.05, 0) is 31.1 Å². The van der Waals surface area contributed by atoms with E-state index in [1.165, 1.54) is 0 Å². The Morgan fingerprint density at radius 3 is 1.81 bits per heavy atom. The van der Waals surface area contributed by atoms with E-state index in [0.29, 0.717) is 31.3 Å². The minimum absolute atomic E-state index is 0.253. The number of nitrogens with zero attached hydrogens (tertiary/aromatic N) is 1. The summed E-state index contributed by atoms with van der Waals surface area (Å²) in [6, 6.07) is -1.04. The van der Waals surface area contributed by atoms with Crippen molar-refractivity contribution in [3.8, 4) is 0 Å². The Labute approximate surface area is 129 Å². The van der Waals surface area contributed by atoms with Crippen LogP contribution in [-0.4, -0.2) is 41.1 Å². The molecule has 0 saturated carbocycles. The van der Waals surface area contributed by atoms with Crippen LogP contribution in [0.1, 0.15) is 60.3 Å². The number of amides is 2. The molecule has 0 aliphatic carbocycles. The highest BCUT2D eigenvalue weighted by Gasteiger charge is 2.22. The average molecular weight is 300 g/mol. The van der Waals surface area contributed by atoms with Crippen LogP contribution < -0.4 is 5.32 Å². The molecule has 0 spiro atoms. The van der Waals surface area contributed by atoms with Crippen LogP contribution in [0.2, 0.25) is 0 Å². The zero-order chi connectivity index (χ0) is 16.4. The number of carboxylic acid groups (broad SMARTS) is 1. The maximum Gasteiger partial charge on any atom is 0.326 e. The lowest BCUT2D eigenvalue weighted by atomic mass is 10.1. The number of hydrogen-bond acceptors (Lipinski definition) is 2. The van der Waals surface area contributed by atoms with Crippen molar-refractivity contribution in [2.45, 2.75) is 66.3 Å². The molecular weight excluding hydrogens is 268 g/mol. The fraction of sp³-hybridized carbons (Fsp3) is 0.875. The predicted molar refractivity (Wildman–Crippen MR) is 85.3 cm³/mol. The summed E-state index contributed by atoms with van der Waals surface area (Å²) >= 11 is 0. The van der Waals surface area contributed by atoms with Crippen molar-refractivity contribution < 1.29 is 14.7 Å². The maximum atomic E-state index is 12.3. The van der Waals surface area contributed by atoms with Crippen LogP contribution in [0, 0.1) is 11.8 Å². The van der Waals surface area contributed by atoms with Crippen LogP contribution >= 0.6 is 0 Å². The molecule has 0 aromatic carbocycles. The van der Waals surface area contributed by atoms with Gasteiger partial charge in [0.15, 0.2) is 0 Å². The molecule has 21 heavy (non-hydrogen) atoms. The molecular formula is C16H32N2O3. The van der Waals surface area contributed by atoms with E-state index < -0.39 is 12.0 Å². The van der Waals surface area contributed by atoms with Gasteiger partial charge in [0.1, 0.15) is 6.04 Å². The number of urea groups is 1. The van der Waals surface area contributed by atoms with E-state index in [9.17, 15) is 9.59 Å². The van der Waals surface area contributed by atoms with Gasteiger partial charge >= 0.3 is 12.0 Å². The molecule has 0 aromatic rings. The molecule has 0 radical (unpaired) electrons. The first kappa shape index (κ1) is 19.7.